The molecule has 0 saturated carbocycles. The summed E-state index contributed by atoms with van der Waals surface area (Å²) in [7, 11) is -2.31. The SMILES string of the molecule is COc1ccc(C(O)P(=O)(OCc2ccccc2)OCc2ccccc2)cc1. The number of ether oxygens (including phenoxy) is 1. The maximum absolute atomic E-state index is 13.5. The largest absolute Gasteiger partial charge is 0.497 e. The zero-order valence-corrected chi connectivity index (χ0v) is 16.5. The minimum atomic E-state index is -3.87. The van der Waals surface area contributed by atoms with Crippen LogP contribution in [0.5, 0.6) is 5.75 Å². The van der Waals surface area contributed by atoms with Crippen LogP contribution in [0.2, 0.25) is 0 Å². The molecule has 0 aromatic heterocycles. The Morgan fingerprint density at radius 1 is 0.786 bits per heavy atom. The van der Waals surface area contributed by atoms with Crippen molar-refractivity contribution in [2.24, 2.45) is 0 Å². The number of rotatable bonds is 9. The Morgan fingerprint density at radius 2 is 1.25 bits per heavy atom. The van der Waals surface area contributed by atoms with E-state index in [0.29, 0.717) is 11.3 Å². The van der Waals surface area contributed by atoms with Gasteiger partial charge in [0.05, 0.1) is 20.3 Å². The maximum atomic E-state index is 13.5. The average molecular weight is 398 g/mol. The predicted octanol–water partition coefficient (Wildman–Crippen LogP) is 5.31. The average Bonchev–Trinajstić information content (AvgIpc) is 2.77. The molecule has 28 heavy (non-hydrogen) atoms. The second kappa shape index (κ2) is 9.67. The predicted molar refractivity (Wildman–Crippen MR) is 108 cm³/mol. The molecule has 0 fully saturated rings. The summed E-state index contributed by atoms with van der Waals surface area (Å²) in [6.45, 7) is 0.139. The first-order chi connectivity index (χ1) is 13.6. The number of methoxy groups -OCH3 is 1. The Hall–Kier alpha value is -2.43. The van der Waals surface area contributed by atoms with E-state index in [-0.39, 0.29) is 13.2 Å². The van der Waals surface area contributed by atoms with Crippen LogP contribution in [0, 0.1) is 0 Å². The summed E-state index contributed by atoms with van der Waals surface area (Å²) in [5, 5.41) is 10.8. The zero-order chi connectivity index (χ0) is 19.8. The van der Waals surface area contributed by atoms with Gasteiger partial charge in [0.15, 0.2) is 5.85 Å². The van der Waals surface area contributed by atoms with Crippen LogP contribution in [0.3, 0.4) is 0 Å². The molecule has 0 saturated heterocycles. The molecule has 0 aliphatic heterocycles. The van der Waals surface area contributed by atoms with E-state index in [1.807, 2.05) is 60.7 Å². The molecule has 3 aromatic carbocycles. The molecule has 5 nitrogen and oxygen atoms in total. The van der Waals surface area contributed by atoms with Crippen molar-refractivity contribution in [2.45, 2.75) is 19.1 Å². The summed E-state index contributed by atoms with van der Waals surface area (Å²) in [6, 6.07) is 25.4. The summed E-state index contributed by atoms with van der Waals surface area (Å²) in [4.78, 5) is 0. The van der Waals surface area contributed by atoms with Gasteiger partial charge in [-0.25, -0.2) is 0 Å². The first kappa shape index (κ1) is 20.3. The van der Waals surface area contributed by atoms with Gasteiger partial charge in [0.2, 0.25) is 0 Å². The normalized spacial score (nSPS) is 12.5. The third-order valence-corrected chi connectivity index (χ3v) is 6.10. The molecule has 3 aromatic rings. The molecular formula is C22H23O5P. The van der Waals surface area contributed by atoms with Crippen LogP contribution in [0.4, 0.5) is 0 Å². The summed E-state index contributed by atoms with van der Waals surface area (Å²) in [6.07, 6.45) is 0. The highest BCUT2D eigenvalue weighted by atomic mass is 31.2. The Bertz CT molecular complexity index is 850. The molecular weight excluding hydrogens is 375 g/mol. The number of hydrogen-bond acceptors (Lipinski definition) is 5. The van der Waals surface area contributed by atoms with Gasteiger partial charge in [0.1, 0.15) is 5.75 Å². The molecule has 1 atom stereocenters. The van der Waals surface area contributed by atoms with E-state index in [9.17, 15) is 9.67 Å². The van der Waals surface area contributed by atoms with Crippen molar-refractivity contribution in [2.75, 3.05) is 7.11 Å². The summed E-state index contributed by atoms with van der Waals surface area (Å²) in [5.41, 5.74) is 2.12. The van der Waals surface area contributed by atoms with Gasteiger partial charge in [0.25, 0.3) is 0 Å². The second-order valence-corrected chi connectivity index (χ2v) is 8.29. The van der Waals surface area contributed by atoms with Gasteiger partial charge in [-0.15, -0.1) is 0 Å². The first-order valence-corrected chi connectivity index (χ1v) is 10.5. The maximum Gasteiger partial charge on any atom is 0.364 e. The molecule has 1 N–H and O–H groups in total. The van der Waals surface area contributed by atoms with Crippen LogP contribution < -0.4 is 4.74 Å². The topological polar surface area (TPSA) is 65.0 Å². The van der Waals surface area contributed by atoms with Crippen LogP contribution in [0.25, 0.3) is 0 Å². The fourth-order valence-corrected chi connectivity index (χ4v) is 4.17. The fraction of sp³-hybridized carbons (Fsp3) is 0.182. The number of hydrogen-bond donors (Lipinski definition) is 1. The van der Waals surface area contributed by atoms with Crippen molar-refractivity contribution in [3.8, 4) is 5.75 Å². The third-order valence-electron chi connectivity index (χ3n) is 4.22. The highest BCUT2D eigenvalue weighted by Gasteiger charge is 2.36. The monoisotopic (exact) mass is 398 g/mol. The van der Waals surface area contributed by atoms with Crippen molar-refractivity contribution in [1.82, 2.24) is 0 Å². The van der Waals surface area contributed by atoms with Gasteiger partial charge in [0, 0.05) is 0 Å². The van der Waals surface area contributed by atoms with Crippen molar-refractivity contribution in [3.63, 3.8) is 0 Å². The van der Waals surface area contributed by atoms with Crippen LogP contribution in [-0.4, -0.2) is 12.2 Å². The molecule has 0 amide bonds. The summed E-state index contributed by atoms with van der Waals surface area (Å²) >= 11 is 0. The second-order valence-electron chi connectivity index (χ2n) is 6.20. The lowest BCUT2D eigenvalue weighted by molar-refractivity contribution is 0.133. The minimum absolute atomic E-state index is 0.0696. The zero-order valence-electron chi connectivity index (χ0n) is 15.6. The third kappa shape index (κ3) is 5.31. The van der Waals surface area contributed by atoms with E-state index in [1.54, 1.807) is 31.4 Å². The van der Waals surface area contributed by atoms with E-state index in [1.165, 1.54) is 0 Å². The lowest BCUT2D eigenvalue weighted by Gasteiger charge is -2.24. The highest BCUT2D eigenvalue weighted by Crippen LogP contribution is 2.60. The van der Waals surface area contributed by atoms with E-state index in [2.05, 4.69) is 0 Å². The Morgan fingerprint density at radius 3 is 1.68 bits per heavy atom. The molecule has 0 aliphatic carbocycles. The number of aliphatic hydroxyl groups is 1. The Balaban J connectivity index is 1.80. The van der Waals surface area contributed by atoms with E-state index >= 15 is 0 Å². The molecule has 1 unspecified atom stereocenters. The minimum Gasteiger partial charge on any atom is -0.497 e. The van der Waals surface area contributed by atoms with Crippen LogP contribution in [0.1, 0.15) is 22.5 Å². The Labute approximate surface area is 165 Å². The van der Waals surface area contributed by atoms with Gasteiger partial charge in [-0.2, -0.15) is 0 Å². The van der Waals surface area contributed by atoms with Crippen LogP contribution in [0.15, 0.2) is 84.9 Å². The highest BCUT2D eigenvalue weighted by molar-refractivity contribution is 7.54. The quantitative estimate of drug-likeness (QED) is 0.495. The standard InChI is InChI=1S/C22H23O5P/c1-25-21-14-12-20(13-15-21)22(23)28(24,26-16-18-8-4-2-5-9-18)27-17-19-10-6-3-7-11-19/h2-15,22-23H,16-17H2,1H3. The smallest absolute Gasteiger partial charge is 0.364 e. The fourth-order valence-electron chi connectivity index (χ4n) is 2.61. The molecule has 0 bridgehead atoms. The van der Waals surface area contributed by atoms with E-state index in [4.69, 9.17) is 13.8 Å². The van der Waals surface area contributed by atoms with Crippen molar-refractivity contribution in [1.29, 1.82) is 0 Å². The van der Waals surface area contributed by atoms with E-state index in [0.717, 1.165) is 11.1 Å². The molecule has 0 spiro atoms. The van der Waals surface area contributed by atoms with E-state index < -0.39 is 13.4 Å². The molecule has 3 rings (SSSR count). The van der Waals surface area contributed by atoms with Gasteiger partial charge in [-0.3, -0.25) is 4.57 Å². The summed E-state index contributed by atoms with van der Waals surface area (Å²) in [5.74, 6) is -0.771. The number of aliphatic hydroxyl groups excluding tert-OH is 1. The lowest BCUT2D eigenvalue weighted by Crippen LogP contribution is -2.07. The van der Waals surface area contributed by atoms with Gasteiger partial charge < -0.3 is 18.9 Å². The molecule has 6 heteroatoms. The van der Waals surface area contributed by atoms with Gasteiger partial charge in [-0.1, -0.05) is 72.8 Å². The molecule has 0 heterocycles. The Kier molecular flexibility index (Phi) is 7.01. The van der Waals surface area contributed by atoms with Crippen molar-refractivity contribution in [3.05, 3.63) is 102 Å². The number of benzene rings is 3. The first-order valence-electron chi connectivity index (χ1n) is 8.89. The van der Waals surface area contributed by atoms with Crippen molar-refractivity contribution < 1.29 is 23.5 Å². The van der Waals surface area contributed by atoms with Gasteiger partial charge in [-0.05, 0) is 28.8 Å². The molecule has 0 radical (unpaired) electrons. The lowest BCUT2D eigenvalue weighted by atomic mass is 10.2. The van der Waals surface area contributed by atoms with Gasteiger partial charge >= 0.3 is 7.60 Å². The molecule has 0 aliphatic rings. The van der Waals surface area contributed by atoms with Crippen LogP contribution in [-0.2, 0) is 26.8 Å². The van der Waals surface area contributed by atoms with Crippen LogP contribution >= 0.6 is 7.60 Å². The summed E-state index contributed by atoms with van der Waals surface area (Å²) < 4.78 is 29.9. The molecule has 146 valence electrons. The van der Waals surface area contributed by atoms with Crippen molar-refractivity contribution >= 4 is 7.60 Å².